The Kier molecular flexibility index (Phi) is 4.92. The number of hydrogen-bond donors (Lipinski definition) is 2. The highest BCUT2D eigenvalue weighted by molar-refractivity contribution is 6.04. The van der Waals surface area contributed by atoms with Crippen molar-refractivity contribution in [2.45, 2.75) is 26.7 Å². The summed E-state index contributed by atoms with van der Waals surface area (Å²) in [5.74, 6) is 1.76. The molecule has 0 atom stereocenters. The number of nitrogens with one attached hydrogen (secondary N) is 2. The number of carbonyl (C=O) groups is 1. The fraction of sp³-hybridized carbons (Fsp3) is 0.300. The van der Waals surface area contributed by atoms with Crippen molar-refractivity contribution < 1.29 is 9.32 Å². The molecule has 3 aromatic rings. The van der Waals surface area contributed by atoms with E-state index in [9.17, 15) is 4.79 Å². The summed E-state index contributed by atoms with van der Waals surface area (Å²) < 4.78 is 4.93. The molecule has 1 aromatic carbocycles. The van der Waals surface area contributed by atoms with Crippen molar-refractivity contribution in [1.29, 1.82) is 0 Å². The maximum atomic E-state index is 12.2. The van der Waals surface area contributed by atoms with Crippen LogP contribution in [-0.2, 0) is 0 Å². The molecule has 8 heteroatoms. The van der Waals surface area contributed by atoms with Crippen LogP contribution in [0.3, 0.4) is 0 Å². The van der Waals surface area contributed by atoms with E-state index in [0.717, 1.165) is 30.3 Å². The van der Waals surface area contributed by atoms with Gasteiger partial charge in [-0.05, 0) is 51.0 Å². The molecular weight excluding hydrogens is 356 g/mol. The van der Waals surface area contributed by atoms with Gasteiger partial charge in [-0.3, -0.25) is 4.79 Å². The first-order valence-electron chi connectivity index (χ1n) is 9.29. The minimum Gasteiger partial charge on any atom is -0.361 e. The van der Waals surface area contributed by atoms with Gasteiger partial charge in [0.15, 0.2) is 0 Å². The molecule has 0 spiro atoms. The van der Waals surface area contributed by atoms with E-state index in [1.807, 2.05) is 37.3 Å². The van der Waals surface area contributed by atoms with Gasteiger partial charge in [0.05, 0.1) is 6.20 Å². The monoisotopic (exact) mass is 378 g/mol. The first kappa shape index (κ1) is 18.0. The Morgan fingerprint density at radius 1 is 1.07 bits per heavy atom. The Morgan fingerprint density at radius 2 is 1.79 bits per heavy atom. The zero-order valence-electron chi connectivity index (χ0n) is 15.9. The molecule has 144 valence electrons. The molecule has 0 radical (unpaired) electrons. The van der Waals surface area contributed by atoms with Crippen LogP contribution in [0.5, 0.6) is 0 Å². The van der Waals surface area contributed by atoms with Crippen molar-refractivity contribution in [2.75, 3.05) is 28.6 Å². The Labute approximate surface area is 163 Å². The minimum absolute atomic E-state index is 0.253. The molecule has 28 heavy (non-hydrogen) atoms. The molecular formula is C20H22N6O2. The van der Waals surface area contributed by atoms with Gasteiger partial charge in [-0.15, -0.1) is 0 Å². The number of carbonyl (C=O) groups excluding carboxylic acids is 1. The topological polar surface area (TPSA) is 96.2 Å². The number of aromatic nitrogens is 3. The van der Waals surface area contributed by atoms with Gasteiger partial charge in [0, 0.05) is 36.2 Å². The Morgan fingerprint density at radius 3 is 2.46 bits per heavy atom. The van der Waals surface area contributed by atoms with E-state index in [2.05, 4.69) is 30.7 Å². The summed E-state index contributed by atoms with van der Waals surface area (Å²) >= 11 is 0. The van der Waals surface area contributed by atoms with E-state index in [-0.39, 0.29) is 5.91 Å². The van der Waals surface area contributed by atoms with Crippen molar-refractivity contribution >= 4 is 29.0 Å². The molecule has 0 saturated carbocycles. The first-order chi connectivity index (χ1) is 13.6. The molecule has 1 aliphatic rings. The van der Waals surface area contributed by atoms with Crippen LogP contribution in [0.15, 0.2) is 41.1 Å². The number of rotatable bonds is 5. The lowest BCUT2D eigenvalue weighted by molar-refractivity contribution is 0.102. The van der Waals surface area contributed by atoms with Crippen LogP contribution in [0, 0.1) is 13.8 Å². The Bertz CT molecular complexity index is 977. The molecule has 0 aliphatic carbocycles. The third kappa shape index (κ3) is 3.95. The lowest BCUT2D eigenvalue weighted by Gasteiger charge is -2.17. The summed E-state index contributed by atoms with van der Waals surface area (Å²) in [6.07, 6.45) is 3.81. The highest BCUT2D eigenvalue weighted by Gasteiger charge is 2.15. The predicted molar refractivity (Wildman–Crippen MR) is 107 cm³/mol. The lowest BCUT2D eigenvalue weighted by Crippen LogP contribution is -2.19. The van der Waals surface area contributed by atoms with Gasteiger partial charge in [0.25, 0.3) is 5.91 Å². The molecule has 3 heterocycles. The second-order valence-corrected chi connectivity index (χ2v) is 6.84. The van der Waals surface area contributed by atoms with Crippen LogP contribution >= 0.6 is 0 Å². The van der Waals surface area contributed by atoms with Gasteiger partial charge >= 0.3 is 0 Å². The molecule has 1 saturated heterocycles. The molecule has 8 nitrogen and oxygen atoms in total. The average Bonchev–Trinajstić information content (AvgIpc) is 3.34. The molecule has 1 aliphatic heterocycles. The van der Waals surface area contributed by atoms with Crippen molar-refractivity contribution in [1.82, 2.24) is 15.1 Å². The predicted octanol–water partition coefficient (Wildman–Crippen LogP) is 3.68. The first-order valence-corrected chi connectivity index (χ1v) is 9.29. The number of aryl methyl sites for hydroxylation is 2. The summed E-state index contributed by atoms with van der Waals surface area (Å²) in [5, 5.41) is 9.69. The largest absolute Gasteiger partial charge is 0.361 e. The molecule has 2 aromatic heterocycles. The van der Waals surface area contributed by atoms with Crippen LogP contribution in [0.1, 0.15) is 34.7 Å². The van der Waals surface area contributed by atoms with E-state index in [4.69, 9.17) is 4.52 Å². The van der Waals surface area contributed by atoms with Crippen molar-refractivity contribution in [3.63, 3.8) is 0 Å². The summed E-state index contributed by atoms with van der Waals surface area (Å²) in [7, 11) is 0. The van der Waals surface area contributed by atoms with Crippen LogP contribution in [-0.4, -0.2) is 34.1 Å². The summed E-state index contributed by atoms with van der Waals surface area (Å²) in [5.41, 5.74) is 2.87. The SMILES string of the molecule is Cc1cc(N2CCCC2)nc(Nc2ccc(NC(=O)c3cnoc3C)cc2)n1. The van der Waals surface area contributed by atoms with Crippen LogP contribution in [0.2, 0.25) is 0 Å². The third-order valence-electron chi connectivity index (χ3n) is 4.67. The highest BCUT2D eigenvalue weighted by Crippen LogP contribution is 2.22. The average molecular weight is 378 g/mol. The summed E-state index contributed by atoms with van der Waals surface area (Å²) in [4.78, 5) is 23.6. The fourth-order valence-corrected chi connectivity index (χ4v) is 3.20. The van der Waals surface area contributed by atoms with Crippen molar-refractivity contribution in [2.24, 2.45) is 0 Å². The molecule has 1 amide bonds. The van der Waals surface area contributed by atoms with E-state index < -0.39 is 0 Å². The fourth-order valence-electron chi connectivity index (χ4n) is 3.20. The van der Waals surface area contributed by atoms with Crippen molar-refractivity contribution in [3.05, 3.63) is 53.5 Å². The van der Waals surface area contributed by atoms with Gasteiger partial charge in [0.2, 0.25) is 5.95 Å². The minimum atomic E-state index is -0.253. The van der Waals surface area contributed by atoms with Gasteiger partial charge < -0.3 is 20.1 Å². The molecule has 2 N–H and O–H groups in total. The van der Waals surface area contributed by atoms with E-state index >= 15 is 0 Å². The zero-order valence-corrected chi connectivity index (χ0v) is 15.9. The Hall–Kier alpha value is -3.42. The zero-order chi connectivity index (χ0) is 19.5. The van der Waals surface area contributed by atoms with Gasteiger partial charge in [-0.1, -0.05) is 5.16 Å². The maximum absolute atomic E-state index is 12.2. The van der Waals surface area contributed by atoms with E-state index in [1.54, 1.807) is 6.92 Å². The maximum Gasteiger partial charge on any atom is 0.260 e. The summed E-state index contributed by atoms with van der Waals surface area (Å²) in [6, 6.07) is 9.40. The number of amides is 1. The highest BCUT2D eigenvalue weighted by atomic mass is 16.5. The number of benzene rings is 1. The van der Waals surface area contributed by atoms with Gasteiger partial charge in [0.1, 0.15) is 17.1 Å². The lowest BCUT2D eigenvalue weighted by atomic mass is 10.2. The second-order valence-electron chi connectivity index (χ2n) is 6.84. The smallest absolute Gasteiger partial charge is 0.260 e. The molecule has 4 rings (SSSR count). The third-order valence-corrected chi connectivity index (χ3v) is 4.67. The quantitative estimate of drug-likeness (QED) is 0.699. The standard InChI is InChI=1S/C20H22N6O2/c1-13-11-18(26-9-3-4-10-26)25-20(22-13)24-16-7-5-15(6-8-16)23-19(27)17-12-21-28-14(17)2/h5-8,11-12H,3-4,9-10H2,1-2H3,(H,23,27)(H,22,24,25). The molecule has 0 bridgehead atoms. The van der Waals surface area contributed by atoms with Gasteiger partial charge in [-0.2, -0.15) is 4.98 Å². The number of nitrogens with zero attached hydrogens (tertiary/aromatic N) is 4. The Balaban J connectivity index is 1.44. The van der Waals surface area contributed by atoms with E-state index in [1.165, 1.54) is 19.0 Å². The number of anilines is 4. The normalized spacial score (nSPS) is 13.6. The molecule has 1 fully saturated rings. The summed E-state index contributed by atoms with van der Waals surface area (Å²) in [6.45, 7) is 5.75. The van der Waals surface area contributed by atoms with Gasteiger partial charge in [-0.25, -0.2) is 4.98 Å². The van der Waals surface area contributed by atoms with Crippen LogP contribution in [0.4, 0.5) is 23.1 Å². The second kappa shape index (κ2) is 7.67. The molecule has 0 unspecified atom stereocenters. The van der Waals surface area contributed by atoms with Crippen molar-refractivity contribution in [3.8, 4) is 0 Å². The van der Waals surface area contributed by atoms with Crippen LogP contribution in [0.25, 0.3) is 0 Å². The van der Waals surface area contributed by atoms with Crippen LogP contribution < -0.4 is 15.5 Å². The number of hydrogen-bond acceptors (Lipinski definition) is 7. The van der Waals surface area contributed by atoms with E-state index in [0.29, 0.717) is 23.0 Å².